The minimum absolute atomic E-state index is 0.208. The third kappa shape index (κ3) is 4.28. The quantitative estimate of drug-likeness (QED) is 0.617. The molecule has 0 aromatic carbocycles. The molecule has 0 spiro atoms. The number of fused-ring (bicyclic) bond motifs is 1. The lowest BCUT2D eigenvalue weighted by Gasteiger charge is -2.17. The van der Waals surface area contributed by atoms with Crippen LogP contribution in [0.4, 0.5) is 10.5 Å². The second-order valence-corrected chi connectivity index (χ2v) is 8.24. The minimum atomic E-state index is -0.343. The highest BCUT2D eigenvalue weighted by Crippen LogP contribution is 2.33. The van der Waals surface area contributed by atoms with Crippen molar-refractivity contribution in [3.05, 3.63) is 38.8 Å². The number of aryl methyl sites for hydroxylation is 1. The number of rotatable bonds is 5. The Morgan fingerprint density at radius 1 is 1.44 bits per heavy atom. The van der Waals surface area contributed by atoms with Gasteiger partial charge in [0.2, 0.25) is 0 Å². The van der Waals surface area contributed by atoms with Gasteiger partial charge in [0.15, 0.2) is 0 Å². The topological polar surface area (TPSA) is 88.5 Å². The molecular formula is C16H18IN5O2S. The zero-order chi connectivity index (χ0) is 17.8. The van der Waals surface area contributed by atoms with Crippen molar-refractivity contribution >= 4 is 54.4 Å². The monoisotopic (exact) mass is 471 g/mol. The van der Waals surface area contributed by atoms with Gasteiger partial charge in [-0.2, -0.15) is 0 Å². The highest BCUT2D eigenvalue weighted by atomic mass is 127. The number of carbonyl (C=O) groups excluding carboxylic acids is 1. The summed E-state index contributed by atoms with van der Waals surface area (Å²) in [5, 5.41) is 6.57. The van der Waals surface area contributed by atoms with Gasteiger partial charge in [-0.3, -0.25) is 0 Å². The Kier molecular flexibility index (Phi) is 5.86. The molecule has 2 aromatic rings. The first-order chi connectivity index (χ1) is 12.1. The second-order valence-electron chi connectivity index (χ2n) is 5.22. The van der Waals surface area contributed by atoms with Gasteiger partial charge < -0.3 is 15.4 Å². The largest absolute Gasteiger partial charge is 0.374 e. The van der Waals surface area contributed by atoms with Gasteiger partial charge in [-0.15, -0.1) is 0 Å². The number of aromatic nitrogens is 2. The Hall–Kier alpha value is -1.72. The van der Waals surface area contributed by atoms with E-state index in [0.29, 0.717) is 18.0 Å². The van der Waals surface area contributed by atoms with E-state index in [0.717, 1.165) is 20.9 Å². The first-order valence-electron chi connectivity index (χ1n) is 7.73. The van der Waals surface area contributed by atoms with Gasteiger partial charge >= 0.3 is 6.03 Å². The summed E-state index contributed by atoms with van der Waals surface area (Å²) in [6, 6.07) is -0.343. The minimum Gasteiger partial charge on any atom is -0.374 e. The van der Waals surface area contributed by atoms with E-state index >= 15 is 0 Å². The molecule has 2 amide bonds. The lowest BCUT2D eigenvalue weighted by atomic mass is 10.1. The molecule has 2 aromatic heterocycles. The van der Waals surface area contributed by atoms with E-state index in [4.69, 9.17) is 4.74 Å². The number of nitrogens with one attached hydrogen (secondary N) is 2. The summed E-state index contributed by atoms with van der Waals surface area (Å²) < 4.78 is 11.9. The van der Waals surface area contributed by atoms with Crippen molar-refractivity contribution in [1.29, 1.82) is 0 Å². The van der Waals surface area contributed by atoms with E-state index in [9.17, 15) is 4.79 Å². The number of thiazole rings is 1. The Bertz CT molecular complexity index is 890. The lowest BCUT2D eigenvalue weighted by Crippen LogP contribution is -2.28. The molecule has 0 saturated heterocycles. The van der Waals surface area contributed by atoms with Gasteiger partial charge in [0.1, 0.15) is 10.3 Å². The third-order valence-corrected chi connectivity index (χ3v) is 5.60. The zero-order valence-electron chi connectivity index (χ0n) is 14.0. The van der Waals surface area contributed by atoms with Gasteiger partial charge in [-0.05, 0) is 30.9 Å². The SMILES string of the molecule is CCOC(C)c1c(NC(=O)NC2=CN=IC=C2)cnc2sc(C)nc12. The average molecular weight is 471 g/mol. The molecule has 1 unspecified atom stereocenters. The van der Waals surface area contributed by atoms with Crippen molar-refractivity contribution in [2.24, 2.45) is 3.15 Å². The number of urea groups is 1. The van der Waals surface area contributed by atoms with Gasteiger partial charge in [-0.1, -0.05) is 11.3 Å². The van der Waals surface area contributed by atoms with Gasteiger partial charge in [-0.25, -0.2) is 17.9 Å². The summed E-state index contributed by atoms with van der Waals surface area (Å²) in [4.78, 5) is 22.2. The van der Waals surface area contributed by atoms with Crippen LogP contribution in [0.1, 0.15) is 30.5 Å². The average Bonchev–Trinajstić information content (AvgIpc) is 2.95. The molecule has 3 rings (SSSR count). The molecule has 7 nitrogen and oxygen atoms in total. The zero-order valence-corrected chi connectivity index (χ0v) is 17.0. The maximum Gasteiger partial charge on any atom is 0.323 e. The van der Waals surface area contributed by atoms with Crippen molar-refractivity contribution in [3.63, 3.8) is 0 Å². The van der Waals surface area contributed by atoms with Crippen LogP contribution in [0, 0.1) is 6.92 Å². The Balaban J connectivity index is 1.90. The lowest BCUT2D eigenvalue weighted by molar-refractivity contribution is 0.0777. The van der Waals surface area contributed by atoms with Crippen LogP contribution in [0.3, 0.4) is 0 Å². The van der Waals surface area contributed by atoms with Crippen molar-refractivity contribution in [2.75, 3.05) is 11.9 Å². The van der Waals surface area contributed by atoms with Crippen molar-refractivity contribution in [1.82, 2.24) is 15.3 Å². The molecule has 0 fully saturated rings. The van der Waals surface area contributed by atoms with Crippen molar-refractivity contribution in [2.45, 2.75) is 26.9 Å². The first-order valence-corrected chi connectivity index (χ1v) is 10.8. The molecule has 0 saturated carbocycles. The smallest absolute Gasteiger partial charge is 0.323 e. The van der Waals surface area contributed by atoms with E-state index in [2.05, 4.69) is 23.7 Å². The molecule has 0 bridgehead atoms. The summed E-state index contributed by atoms with van der Waals surface area (Å²) in [5.74, 6) is 0. The number of hydrogen-bond acceptors (Lipinski definition) is 6. The van der Waals surface area contributed by atoms with Gasteiger partial charge in [0, 0.05) is 33.2 Å². The first kappa shape index (κ1) is 18.1. The van der Waals surface area contributed by atoms with Gasteiger partial charge in [0.05, 0.1) is 34.9 Å². The molecule has 1 aliphatic heterocycles. The molecule has 0 aliphatic carbocycles. The van der Waals surface area contributed by atoms with Crippen molar-refractivity contribution < 1.29 is 9.53 Å². The van der Waals surface area contributed by atoms with Crippen LogP contribution in [0.5, 0.6) is 0 Å². The van der Waals surface area contributed by atoms with Crippen LogP contribution in [0.25, 0.3) is 10.3 Å². The number of nitrogens with zero attached hydrogens (tertiary/aromatic N) is 3. The molecule has 25 heavy (non-hydrogen) atoms. The molecule has 132 valence electrons. The maximum atomic E-state index is 12.3. The molecule has 1 aliphatic rings. The number of hydrogen-bond donors (Lipinski definition) is 2. The molecule has 2 N–H and O–H groups in total. The Labute approximate surface area is 159 Å². The fourth-order valence-corrected chi connectivity index (χ4v) is 4.42. The third-order valence-electron chi connectivity index (χ3n) is 3.44. The summed E-state index contributed by atoms with van der Waals surface area (Å²) in [6.07, 6.45) is 5.00. The van der Waals surface area contributed by atoms with Crippen LogP contribution in [0.15, 0.2) is 31.4 Å². The summed E-state index contributed by atoms with van der Waals surface area (Å²) in [6.45, 7) is 6.40. The fraction of sp³-hybridized carbons (Fsp3) is 0.312. The van der Waals surface area contributed by atoms with E-state index in [1.165, 1.54) is 11.3 Å². The highest BCUT2D eigenvalue weighted by molar-refractivity contribution is 14.2. The van der Waals surface area contributed by atoms with E-state index in [-0.39, 0.29) is 33.2 Å². The van der Waals surface area contributed by atoms with Crippen LogP contribution < -0.4 is 10.6 Å². The number of ether oxygens (including phenoxy) is 1. The van der Waals surface area contributed by atoms with E-state index < -0.39 is 0 Å². The maximum absolute atomic E-state index is 12.3. The Morgan fingerprint density at radius 3 is 3.00 bits per heavy atom. The van der Waals surface area contributed by atoms with E-state index in [1.807, 2.05) is 30.9 Å². The number of pyridine rings is 1. The molecule has 3 heterocycles. The highest BCUT2D eigenvalue weighted by Gasteiger charge is 2.20. The van der Waals surface area contributed by atoms with Crippen LogP contribution in [0.2, 0.25) is 0 Å². The van der Waals surface area contributed by atoms with Crippen molar-refractivity contribution in [3.8, 4) is 0 Å². The number of allylic oxidation sites excluding steroid dienone is 1. The standard InChI is InChI=1S/C16H18IN5O2S/c1-4-24-9(2)13-12(8-18-15-14(13)20-10(3)25-15)22-16(23)21-11-5-6-17-19-7-11/h5-9H,4H2,1-3H3,(H2,21,22,23). The number of halogens is 1. The van der Waals surface area contributed by atoms with Crippen LogP contribution >= 0.6 is 32.4 Å². The summed E-state index contributed by atoms with van der Waals surface area (Å²) >= 11 is 1.26. The summed E-state index contributed by atoms with van der Waals surface area (Å²) in [5.41, 5.74) is 2.88. The predicted octanol–water partition coefficient (Wildman–Crippen LogP) is 4.74. The number of amides is 2. The molecule has 1 atom stereocenters. The summed E-state index contributed by atoms with van der Waals surface area (Å²) in [7, 11) is 0. The normalized spacial score (nSPS) is 14.8. The molecular weight excluding hydrogens is 453 g/mol. The van der Waals surface area contributed by atoms with Crippen LogP contribution in [-0.4, -0.2) is 22.6 Å². The Morgan fingerprint density at radius 2 is 2.28 bits per heavy atom. The second kappa shape index (κ2) is 8.11. The molecule has 9 heteroatoms. The van der Waals surface area contributed by atoms with E-state index in [1.54, 1.807) is 12.4 Å². The van der Waals surface area contributed by atoms with Gasteiger partial charge in [0.25, 0.3) is 0 Å². The number of anilines is 1. The fourth-order valence-electron chi connectivity index (χ4n) is 2.45. The number of carbonyl (C=O) groups is 1. The van der Waals surface area contributed by atoms with Crippen LogP contribution in [-0.2, 0) is 4.74 Å². The predicted molar refractivity (Wildman–Crippen MR) is 108 cm³/mol. The molecule has 0 radical (unpaired) electrons.